The highest BCUT2D eigenvalue weighted by atomic mass is 27.1. The highest BCUT2D eigenvalue weighted by Crippen LogP contribution is 2.06. The molecule has 1 nitrogen and oxygen atoms in total. The maximum atomic E-state index is 11.4. The smallest absolute Gasteiger partial charge is 0.247 e. The summed E-state index contributed by atoms with van der Waals surface area (Å²) in [5.41, 5.74) is 0. The minimum absolute atomic E-state index is 0.0488. The van der Waals surface area contributed by atoms with E-state index in [1.54, 1.807) is 0 Å². The lowest BCUT2D eigenvalue weighted by Gasteiger charge is -2.05. The van der Waals surface area contributed by atoms with E-state index in [-0.39, 0.29) is 15.2 Å². The molecule has 0 aliphatic rings. The third kappa shape index (κ3) is 5.80. The van der Waals surface area contributed by atoms with E-state index in [1.165, 1.54) is 18.1 Å². The molecule has 0 saturated carbocycles. The molecule has 0 saturated heterocycles. The average Bonchev–Trinajstić information content (AvgIpc) is 2.10. The van der Waals surface area contributed by atoms with Gasteiger partial charge in [-0.25, -0.2) is 0 Å². The quantitative estimate of drug-likeness (QED) is 0.439. The molecule has 0 aliphatic carbocycles. The zero-order valence-corrected chi connectivity index (χ0v) is 10.1. The van der Waals surface area contributed by atoms with Crippen molar-refractivity contribution >= 4 is 21.0 Å². The van der Waals surface area contributed by atoms with Gasteiger partial charge in [-0.3, -0.25) is 0 Å². The summed E-state index contributed by atoms with van der Waals surface area (Å²) < 4.78 is 0. The van der Waals surface area contributed by atoms with Gasteiger partial charge in [0.15, 0.2) is 0 Å². The van der Waals surface area contributed by atoms with Crippen LogP contribution in [0.5, 0.6) is 0 Å². The van der Waals surface area contributed by atoms with Crippen LogP contribution in [0, 0.1) is 5.92 Å². The molecule has 0 amide bonds. The number of hydrogen-bond acceptors (Lipinski definition) is 1. The monoisotopic (exact) mass is 184 g/mol. The zero-order valence-electron chi connectivity index (χ0n) is 8.73. The van der Waals surface area contributed by atoms with Crippen LogP contribution in [0.3, 0.4) is 0 Å². The first kappa shape index (κ1) is 12.2. The number of ketones is 1. The zero-order chi connectivity index (χ0) is 9.40. The fourth-order valence-corrected chi connectivity index (χ4v) is 3.14. The molecule has 1 atom stereocenters. The molecule has 0 bridgehead atoms. The second-order valence-electron chi connectivity index (χ2n) is 3.59. The Balaban J connectivity index is 3.31. The van der Waals surface area contributed by atoms with Crippen LogP contribution < -0.4 is 0 Å². The molecule has 0 N–H and O–H groups in total. The van der Waals surface area contributed by atoms with Crippen molar-refractivity contribution in [2.75, 3.05) is 0 Å². The van der Waals surface area contributed by atoms with E-state index in [2.05, 4.69) is 20.8 Å². The summed E-state index contributed by atoms with van der Waals surface area (Å²) in [4.78, 5) is 11.4. The first-order valence-corrected chi connectivity index (χ1v) is 7.25. The summed E-state index contributed by atoms with van der Waals surface area (Å²) in [7, 11) is 0. The maximum Gasteiger partial charge on any atom is 0.247 e. The second-order valence-corrected chi connectivity index (χ2v) is 5.50. The number of hydrogen-bond donors (Lipinski definition) is 0. The van der Waals surface area contributed by atoms with Gasteiger partial charge in [0.1, 0.15) is 5.78 Å². The first-order chi connectivity index (χ1) is 5.72. The third-order valence-electron chi connectivity index (χ3n) is 2.44. The van der Waals surface area contributed by atoms with Gasteiger partial charge in [-0.1, -0.05) is 38.9 Å². The summed E-state index contributed by atoms with van der Waals surface area (Å²) in [5, 5.41) is 2.30. The second kappa shape index (κ2) is 7.83. The predicted molar refractivity (Wildman–Crippen MR) is 56.1 cm³/mol. The molecule has 2 heteroatoms. The molecular formula is C10H21AlO. The van der Waals surface area contributed by atoms with Crippen molar-refractivity contribution in [3.05, 3.63) is 0 Å². The van der Waals surface area contributed by atoms with Crippen LogP contribution in [0.25, 0.3) is 0 Å². The van der Waals surface area contributed by atoms with Gasteiger partial charge in [0.2, 0.25) is 15.2 Å². The SMILES string of the molecule is CCC[CH2][AlH][CH2]C(=O)C(C)CC. The van der Waals surface area contributed by atoms with Gasteiger partial charge in [0, 0.05) is 5.92 Å². The number of carbonyl (C=O) groups excluding carboxylic acids is 1. The maximum absolute atomic E-state index is 11.4. The van der Waals surface area contributed by atoms with Crippen LogP contribution in [-0.2, 0) is 4.79 Å². The van der Waals surface area contributed by atoms with E-state index in [0.717, 1.165) is 11.7 Å². The number of rotatable bonds is 7. The van der Waals surface area contributed by atoms with Gasteiger partial charge in [0.05, 0.1) is 0 Å². The van der Waals surface area contributed by atoms with Crippen LogP contribution >= 0.6 is 0 Å². The fourth-order valence-electron chi connectivity index (χ4n) is 1.20. The molecule has 0 spiro atoms. The standard InChI is InChI=1S/C6H11O.C4H9.Al.H/c1-4-5(2)6(3)7;1-3-4-2;;/h5H,3-4H2,1-2H3;1,3-4H2,2H3;;. The Hall–Kier alpha value is 0.202. The van der Waals surface area contributed by atoms with Gasteiger partial charge in [-0.05, 0) is 11.7 Å². The Morgan fingerprint density at radius 2 is 2.08 bits per heavy atom. The molecule has 1 unspecified atom stereocenters. The predicted octanol–water partition coefficient (Wildman–Crippen LogP) is 2.67. The van der Waals surface area contributed by atoms with E-state index in [0.29, 0.717) is 11.7 Å². The lowest BCUT2D eigenvalue weighted by atomic mass is 10.1. The third-order valence-corrected chi connectivity index (χ3v) is 4.29. The summed E-state index contributed by atoms with van der Waals surface area (Å²) >= 11 is -0.0488. The van der Waals surface area contributed by atoms with Crippen molar-refractivity contribution in [2.24, 2.45) is 5.92 Å². The Morgan fingerprint density at radius 3 is 2.58 bits per heavy atom. The van der Waals surface area contributed by atoms with Crippen molar-refractivity contribution < 1.29 is 4.79 Å². The van der Waals surface area contributed by atoms with E-state index in [4.69, 9.17) is 0 Å². The van der Waals surface area contributed by atoms with Crippen LogP contribution in [-0.4, -0.2) is 21.0 Å². The lowest BCUT2D eigenvalue weighted by molar-refractivity contribution is -0.120. The molecule has 0 aromatic rings. The number of carbonyl (C=O) groups is 1. The molecule has 0 aromatic heterocycles. The summed E-state index contributed by atoms with van der Waals surface area (Å²) in [6.45, 7) is 6.36. The van der Waals surface area contributed by atoms with Gasteiger partial charge >= 0.3 is 0 Å². The summed E-state index contributed by atoms with van der Waals surface area (Å²) in [6, 6.07) is 0. The van der Waals surface area contributed by atoms with Crippen LogP contribution in [0.15, 0.2) is 0 Å². The Kier molecular flexibility index (Phi) is 7.96. The van der Waals surface area contributed by atoms with Crippen LogP contribution in [0.4, 0.5) is 0 Å². The van der Waals surface area contributed by atoms with Crippen molar-refractivity contribution in [3.8, 4) is 0 Å². The van der Waals surface area contributed by atoms with E-state index in [9.17, 15) is 4.79 Å². The fraction of sp³-hybridized carbons (Fsp3) is 0.900. The molecule has 0 rings (SSSR count). The first-order valence-electron chi connectivity index (χ1n) is 5.25. The normalized spacial score (nSPS) is 12.6. The van der Waals surface area contributed by atoms with Crippen molar-refractivity contribution in [1.82, 2.24) is 0 Å². The topological polar surface area (TPSA) is 17.1 Å². The molecule has 0 heterocycles. The van der Waals surface area contributed by atoms with Gasteiger partial charge < -0.3 is 4.79 Å². The average molecular weight is 184 g/mol. The highest BCUT2D eigenvalue weighted by Gasteiger charge is 2.10. The van der Waals surface area contributed by atoms with Crippen LogP contribution in [0.1, 0.15) is 40.0 Å². The lowest BCUT2D eigenvalue weighted by Crippen LogP contribution is -2.11. The van der Waals surface area contributed by atoms with Gasteiger partial charge in [-0.2, -0.15) is 0 Å². The minimum Gasteiger partial charge on any atom is -0.301 e. The molecule has 0 radical (unpaired) electrons. The van der Waals surface area contributed by atoms with Crippen molar-refractivity contribution in [1.29, 1.82) is 0 Å². The van der Waals surface area contributed by atoms with Crippen LogP contribution in [0.2, 0.25) is 10.6 Å². The molecule has 70 valence electrons. The highest BCUT2D eigenvalue weighted by molar-refractivity contribution is 6.41. The van der Waals surface area contributed by atoms with Crippen molar-refractivity contribution in [3.63, 3.8) is 0 Å². The summed E-state index contributed by atoms with van der Waals surface area (Å²) in [5.74, 6) is 0.833. The minimum atomic E-state index is -0.0488. The molecular weight excluding hydrogens is 163 g/mol. The van der Waals surface area contributed by atoms with E-state index < -0.39 is 0 Å². The molecule has 12 heavy (non-hydrogen) atoms. The van der Waals surface area contributed by atoms with E-state index in [1.807, 2.05) is 0 Å². The Bertz CT molecular complexity index is 123. The summed E-state index contributed by atoms with van der Waals surface area (Å²) in [6.07, 6.45) is 3.63. The van der Waals surface area contributed by atoms with Gasteiger partial charge in [-0.15, -0.1) is 0 Å². The molecule has 0 fully saturated rings. The molecule has 0 aromatic carbocycles. The Labute approximate surface area is 82.6 Å². The Morgan fingerprint density at radius 1 is 1.42 bits per heavy atom. The largest absolute Gasteiger partial charge is 0.301 e. The number of Topliss-reactive ketones (excluding diaryl/α,β-unsaturated/α-hetero) is 1. The van der Waals surface area contributed by atoms with Crippen molar-refractivity contribution in [2.45, 2.75) is 50.6 Å². The van der Waals surface area contributed by atoms with E-state index >= 15 is 0 Å². The number of unbranched alkanes of at least 4 members (excludes halogenated alkanes) is 1. The molecule has 0 aliphatic heterocycles. The van der Waals surface area contributed by atoms with Gasteiger partial charge in [0.25, 0.3) is 0 Å².